The standard InChI is InChI=1S/C24H19NO2S2/c1-16-11-12-19(13-17(16)2)25-23(26)22(29-24(25)28)15-18-7-6-10-21(14-18)27-20-8-4-3-5-9-20/h3-15H,1-2H3. The summed E-state index contributed by atoms with van der Waals surface area (Å²) in [6, 6.07) is 23.2. The molecule has 0 saturated carbocycles. The van der Waals surface area contributed by atoms with Gasteiger partial charge in [-0.2, -0.15) is 0 Å². The second-order valence-corrected chi connectivity index (χ2v) is 8.45. The van der Waals surface area contributed by atoms with Gasteiger partial charge in [-0.3, -0.25) is 9.69 Å². The molecule has 1 aliphatic rings. The monoisotopic (exact) mass is 417 g/mol. The highest BCUT2D eigenvalue weighted by Crippen LogP contribution is 2.37. The van der Waals surface area contributed by atoms with E-state index in [-0.39, 0.29) is 5.91 Å². The number of anilines is 1. The number of thiocarbonyl (C=S) groups is 1. The zero-order valence-corrected chi connectivity index (χ0v) is 17.7. The first-order valence-corrected chi connectivity index (χ1v) is 10.4. The Morgan fingerprint density at radius 2 is 1.66 bits per heavy atom. The molecule has 144 valence electrons. The number of thioether (sulfide) groups is 1. The van der Waals surface area contributed by atoms with Crippen molar-refractivity contribution in [3.05, 3.63) is 94.4 Å². The third kappa shape index (κ3) is 4.26. The van der Waals surface area contributed by atoms with Gasteiger partial charge in [0, 0.05) is 0 Å². The van der Waals surface area contributed by atoms with E-state index in [0.717, 1.165) is 28.3 Å². The van der Waals surface area contributed by atoms with E-state index in [1.54, 1.807) is 4.90 Å². The molecular weight excluding hydrogens is 398 g/mol. The summed E-state index contributed by atoms with van der Waals surface area (Å²) in [5.41, 5.74) is 4.01. The minimum atomic E-state index is -0.0994. The molecule has 0 radical (unpaired) electrons. The number of carbonyl (C=O) groups is 1. The maximum Gasteiger partial charge on any atom is 0.270 e. The number of hydrogen-bond acceptors (Lipinski definition) is 4. The molecule has 0 spiro atoms. The average Bonchev–Trinajstić information content (AvgIpc) is 2.98. The average molecular weight is 418 g/mol. The molecule has 1 amide bonds. The van der Waals surface area contributed by atoms with Crippen LogP contribution < -0.4 is 9.64 Å². The molecule has 0 aromatic heterocycles. The van der Waals surface area contributed by atoms with Crippen molar-refractivity contribution in [2.75, 3.05) is 4.90 Å². The lowest BCUT2D eigenvalue weighted by Crippen LogP contribution is -2.27. The molecule has 29 heavy (non-hydrogen) atoms. The Labute approximate surface area is 180 Å². The molecule has 0 unspecified atom stereocenters. The summed E-state index contributed by atoms with van der Waals surface area (Å²) in [7, 11) is 0. The summed E-state index contributed by atoms with van der Waals surface area (Å²) in [4.78, 5) is 15.2. The van der Waals surface area contributed by atoms with Gasteiger partial charge >= 0.3 is 0 Å². The summed E-state index contributed by atoms with van der Waals surface area (Å²) >= 11 is 6.80. The minimum absolute atomic E-state index is 0.0994. The molecule has 3 aromatic carbocycles. The number of amides is 1. The third-order valence-corrected chi connectivity index (χ3v) is 5.98. The third-order valence-electron chi connectivity index (χ3n) is 4.68. The van der Waals surface area contributed by atoms with Gasteiger partial charge in [-0.15, -0.1) is 0 Å². The van der Waals surface area contributed by atoms with Crippen LogP contribution in [0.1, 0.15) is 16.7 Å². The fraction of sp³-hybridized carbons (Fsp3) is 0.0833. The Morgan fingerprint density at radius 3 is 2.41 bits per heavy atom. The van der Waals surface area contributed by atoms with Crippen molar-refractivity contribution in [1.29, 1.82) is 0 Å². The zero-order valence-electron chi connectivity index (χ0n) is 16.1. The highest BCUT2D eigenvalue weighted by atomic mass is 32.2. The number of ether oxygens (including phenoxy) is 1. The number of carbonyl (C=O) groups excluding carboxylic acids is 1. The van der Waals surface area contributed by atoms with Crippen LogP contribution in [0, 0.1) is 13.8 Å². The molecule has 1 heterocycles. The number of rotatable bonds is 4. The van der Waals surface area contributed by atoms with Crippen molar-refractivity contribution in [1.82, 2.24) is 0 Å². The van der Waals surface area contributed by atoms with Crippen molar-refractivity contribution >= 4 is 46.0 Å². The zero-order chi connectivity index (χ0) is 20.4. The van der Waals surface area contributed by atoms with Gasteiger partial charge in [0.2, 0.25) is 0 Å². The first kappa shape index (κ1) is 19.4. The molecule has 4 rings (SSSR count). The number of benzene rings is 3. The fourth-order valence-electron chi connectivity index (χ4n) is 3.00. The Bertz CT molecular complexity index is 1120. The maximum atomic E-state index is 13.0. The predicted molar refractivity (Wildman–Crippen MR) is 125 cm³/mol. The van der Waals surface area contributed by atoms with Gasteiger partial charge in [0.15, 0.2) is 4.32 Å². The quantitative estimate of drug-likeness (QED) is 0.358. The molecule has 0 atom stereocenters. The van der Waals surface area contributed by atoms with Crippen LogP contribution in [-0.2, 0) is 4.79 Å². The molecule has 5 heteroatoms. The summed E-state index contributed by atoms with van der Waals surface area (Å²) in [5.74, 6) is 1.39. The lowest BCUT2D eigenvalue weighted by atomic mass is 10.1. The van der Waals surface area contributed by atoms with Gasteiger partial charge in [0.05, 0.1) is 10.6 Å². The first-order valence-electron chi connectivity index (χ1n) is 9.19. The lowest BCUT2D eigenvalue weighted by Gasteiger charge is -2.15. The van der Waals surface area contributed by atoms with E-state index in [9.17, 15) is 4.79 Å². The maximum absolute atomic E-state index is 13.0. The lowest BCUT2D eigenvalue weighted by molar-refractivity contribution is -0.113. The molecule has 1 aliphatic heterocycles. The first-order chi connectivity index (χ1) is 14.0. The van der Waals surface area contributed by atoms with Crippen LogP contribution in [0.3, 0.4) is 0 Å². The van der Waals surface area contributed by atoms with E-state index >= 15 is 0 Å². The Kier molecular flexibility index (Phi) is 5.51. The van der Waals surface area contributed by atoms with Gasteiger partial charge in [-0.1, -0.05) is 60.4 Å². The van der Waals surface area contributed by atoms with E-state index in [2.05, 4.69) is 0 Å². The molecule has 3 aromatic rings. The van der Waals surface area contributed by atoms with Crippen molar-refractivity contribution in [3.63, 3.8) is 0 Å². The van der Waals surface area contributed by atoms with Crippen LogP contribution in [0.5, 0.6) is 11.5 Å². The van der Waals surface area contributed by atoms with Gasteiger partial charge in [0.25, 0.3) is 5.91 Å². The number of para-hydroxylation sites is 1. The van der Waals surface area contributed by atoms with Crippen LogP contribution in [0.15, 0.2) is 77.7 Å². The highest BCUT2D eigenvalue weighted by Gasteiger charge is 2.33. The summed E-state index contributed by atoms with van der Waals surface area (Å²) < 4.78 is 6.43. The van der Waals surface area contributed by atoms with Gasteiger partial charge in [-0.25, -0.2) is 0 Å². The van der Waals surface area contributed by atoms with Gasteiger partial charge in [-0.05, 0) is 73.0 Å². The predicted octanol–water partition coefficient (Wildman–Crippen LogP) is 6.50. The molecule has 1 saturated heterocycles. The van der Waals surface area contributed by atoms with Crippen LogP contribution in [-0.4, -0.2) is 10.2 Å². The summed E-state index contributed by atoms with van der Waals surface area (Å²) in [6.07, 6.45) is 1.86. The molecule has 1 fully saturated rings. The smallest absolute Gasteiger partial charge is 0.270 e. The number of nitrogens with zero attached hydrogens (tertiary/aromatic N) is 1. The van der Waals surface area contributed by atoms with Crippen LogP contribution >= 0.6 is 24.0 Å². The molecule has 0 aliphatic carbocycles. The summed E-state index contributed by atoms with van der Waals surface area (Å²) in [5, 5.41) is 0. The molecule has 0 bridgehead atoms. The highest BCUT2D eigenvalue weighted by molar-refractivity contribution is 8.27. The van der Waals surface area contributed by atoms with Crippen LogP contribution in [0.25, 0.3) is 6.08 Å². The second-order valence-electron chi connectivity index (χ2n) is 6.77. The van der Waals surface area contributed by atoms with Crippen LogP contribution in [0.2, 0.25) is 0 Å². The van der Waals surface area contributed by atoms with Crippen molar-refractivity contribution in [2.45, 2.75) is 13.8 Å². The Morgan fingerprint density at radius 1 is 0.897 bits per heavy atom. The van der Waals surface area contributed by atoms with Crippen molar-refractivity contribution < 1.29 is 9.53 Å². The number of aryl methyl sites for hydroxylation is 2. The topological polar surface area (TPSA) is 29.5 Å². The molecular formula is C24H19NO2S2. The largest absolute Gasteiger partial charge is 0.457 e. The van der Waals surface area contributed by atoms with E-state index < -0.39 is 0 Å². The van der Waals surface area contributed by atoms with E-state index in [0.29, 0.717) is 9.23 Å². The van der Waals surface area contributed by atoms with Gasteiger partial charge in [0.1, 0.15) is 11.5 Å². The number of hydrogen-bond donors (Lipinski definition) is 0. The second kappa shape index (κ2) is 8.23. The normalized spacial score (nSPS) is 15.2. The minimum Gasteiger partial charge on any atom is -0.457 e. The van der Waals surface area contributed by atoms with Crippen molar-refractivity contribution in [2.24, 2.45) is 0 Å². The Balaban J connectivity index is 1.59. The van der Waals surface area contributed by atoms with E-state index in [1.165, 1.54) is 17.3 Å². The van der Waals surface area contributed by atoms with Gasteiger partial charge < -0.3 is 4.74 Å². The fourth-order valence-corrected chi connectivity index (χ4v) is 4.30. The Hall–Kier alpha value is -2.89. The van der Waals surface area contributed by atoms with Crippen molar-refractivity contribution in [3.8, 4) is 11.5 Å². The molecule has 3 nitrogen and oxygen atoms in total. The van der Waals surface area contributed by atoms with Crippen LogP contribution in [0.4, 0.5) is 5.69 Å². The molecule has 0 N–H and O–H groups in total. The van der Waals surface area contributed by atoms with E-state index in [1.807, 2.05) is 92.7 Å². The SMILES string of the molecule is Cc1ccc(N2C(=O)C(=Cc3cccc(Oc4ccccc4)c3)SC2=S)cc1C. The van der Waals surface area contributed by atoms with E-state index in [4.69, 9.17) is 17.0 Å². The summed E-state index contributed by atoms with van der Waals surface area (Å²) in [6.45, 7) is 4.08.